The van der Waals surface area contributed by atoms with E-state index in [0.29, 0.717) is 0 Å². The lowest BCUT2D eigenvalue weighted by molar-refractivity contribution is -0.141. The zero-order valence-corrected chi connectivity index (χ0v) is 7.49. The van der Waals surface area contributed by atoms with Crippen molar-refractivity contribution in [2.75, 3.05) is 0 Å². The third-order valence-corrected chi connectivity index (χ3v) is 2.11. The summed E-state index contributed by atoms with van der Waals surface area (Å²) in [6.45, 7) is 1.46. The maximum absolute atomic E-state index is 11.3. The summed E-state index contributed by atoms with van der Waals surface area (Å²) in [5, 5.41) is 11.0. The van der Waals surface area contributed by atoms with E-state index in [1.807, 2.05) is 12.2 Å². The van der Waals surface area contributed by atoms with Gasteiger partial charge in [-0.1, -0.05) is 12.2 Å². The summed E-state index contributed by atoms with van der Waals surface area (Å²) in [6.07, 6.45) is 5.32. The Kier molecular flexibility index (Phi) is 3.06. The number of carboxylic acids is 1. The van der Waals surface area contributed by atoms with Crippen molar-refractivity contribution >= 4 is 11.9 Å². The van der Waals surface area contributed by atoms with Crippen LogP contribution in [-0.2, 0) is 9.59 Å². The van der Waals surface area contributed by atoms with Crippen molar-refractivity contribution in [3.05, 3.63) is 12.2 Å². The van der Waals surface area contributed by atoms with Crippen molar-refractivity contribution in [3.63, 3.8) is 0 Å². The van der Waals surface area contributed by atoms with Crippen LogP contribution < -0.4 is 5.32 Å². The van der Waals surface area contributed by atoms with Gasteiger partial charge < -0.3 is 10.4 Å². The molecule has 1 amide bonds. The van der Waals surface area contributed by atoms with Crippen LogP contribution in [0.25, 0.3) is 0 Å². The molecule has 0 aromatic carbocycles. The van der Waals surface area contributed by atoms with Gasteiger partial charge in [-0.05, 0) is 19.8 Å². The second kappa shape index (κ2) is 4.07. The summed E-state index contributed by atoms with van der Waals surface area (Å²) in [6, 6.07) is -0.798. The summed E-state index contributed by atoms with van der Waals surface area (Å²) in [4.78, 5) is 21.8. The fourth-order valence-electron chi connectivity index (χ4n) is 1.22. The number of hydrogen-bond donors (Lipinski definition) is 2. The molecule has 1 rings (SSSR count). The molecule has 0 heterocycles. The van der Waals surface area contributed by atoms with Gasteiger partial charge in [0, 0.05) is 5.92 Å². The number of hydrogen-bond acceptors (Lipinski definition) is 2. The summed E-state index contributed by atoms with van der Waals surface area (Å²) in [5.74, 6) is -1.24. The van der Waals surface area contributed by atoms with E-state index < -0.39 is 12.0 Å². The molecule has 0 bridgehead atoms. The van der Waals surface area contributed by atoms with Crippen LogP contribution in [-0.4, -0.2) is 23.0 Å². The Morgan fingerprint density at radius 3 is 2.46 bits per heavy atom. The van der Waals surface area contributed by atoms with Gasteiger partial charge in [0.05, 0.1) is 0 Å². The summed E-state index contributed by atoms with van der Waals surface area (Å²) in [7, 11) is 0. The number of nitrogens with one attached hydrogen (secondary N) is 1. The monoisotopic (exact) mass is 183 g/mol. The molecule has 4 nitrogen and oxygen atoms in total. The fraction of sp³-hybridized carbons (Fsp3) is 0.556. The van der Waals surface area contributed by atoms with Gasteiger partial charge in [-0.15, -0.1) is 0 Å². The Balaban J connectivity index is 2.36. The number of rotatable bonds is 3. The van der Waals surface area contributed by atoms with Crippen LogP contribution in [0.3, 0.4) is 0 Å². The molecule has 2 N–H and O–H groups in total. The largest absolute Gasteiger partial charge is 0.480 e. The molecule has 1 unspecified atom stereocenters. The van der Waals surface area contributed by atoms with E-state index in [0.717, 1.165) is 12.8 Å². The molecule has 0 aliphatic heterocycles. The SMILES string of the molecule is CC(NC(=O)C1CC=CC1)C(=O)O. The lowest BCUT2D eigenvalue weighted by atomic mass is 10.1. The van der Waals surface area contributed by atoms with Crippen LogP contribution in [0.4, 0.5) is 0 Å². The minimum Gasteiger partial charge on any atom is -0.480 e. The van der Waals surface area contributed by atoms with Gasteiger partial charge in [-0.25, -0.2) is 0 Å². The van der Waals surface area contributed by atoms with E-state index in [1.54, 1.807) is 0 Å². The van der Waals surface area contributed by atoms with Crippen molar-refractivity contribution in [1.82, 2.24) is 5.32 Å². The van der Waals surface area contributed by atoms with E-state index in [4.69, 9.17) is 5.11 Å². The topological polar surface area (TPSA) is 66.4 Å². The molecule has 0 aromatic rings. The Hall–Kier alpha value is -1.32. The average molecular weight is 183 g/mol. The van der Waals surface area contributed by atoms with Gasteiger partial charge >= 0.3 is 5.97 Å². The van der Waals surface area contributed by atoms with E-state index >= 15 is 0 Å². The molecule has 4 heteroatoms. The van der Waals surface area contributed by atoms with Gasteiger partial charge in [-0.2, -0.15) is 0 Å². The molecule has 72 valence electrons. The highest BCUT2D eigenvalue weighted by molar-refractivity contribution is 5.85. The normalized spacial score (nSPS) is 18.5. The van der Waals surface area contributed by atoms with Crippen molar-refractivity contribution < 1.29 is 14.7 Å². The predicted octanol–water partition coefficient (Wildman–Crippen LogP) is 0.542. The first-order valence-corrected chi connectivity index (χ1v) is 4.29. The van der Waals surface area contributed by atoms with E-state index in [9.17, 15) is 9.59 Å². The standard InChI is InChI=1S/C9H13NO3/c1-6(9(12)13)10-8(11)7-4-2-3-5-7/h2-3,6-7H,4-5H2,1H3,(H,10,11)(H,12,13). The average Bonchev–Trinajstić information content (AvgIpc) is 2.55. The van der Waals surface area contributed by atoms with E-state index in [1.165, 1.54) is 6.92 Å². The van der Waals surface area contributed by atoms with Gasteiger partial charge in [0.2, 0.25) is 5.91 Å². The van der Waals surface area contributed by atoms with Crippen LogP contribution in [0.1, 0.15) is 19.8 Å². The number of allylic oxidation sites excluding steroid dienone is 2. The molecule has 1 aliphatic carbocycles. The second-order valence-corrected chi connectivity index (χ2v) is 3.21. The predicted molar refractivity (Wildman–Crippen MR) is 47.1 cm³/mol. The van der Waals surface area contributed by atoms with Crippen molar-refractivity contribution in [2.24, 2.45) is 5.92 Å². The van der Waals surface area contributed by atoms with Crippen LogP contribution in [0.2, 0.25) is 0 Å². The maximum atomic E-state index is 11.3. The molecular formula is C9H13NO3. The first-order valence-electron chi connectivity index (χ1n) is 4.29. The lowest BCUT2D eigenvalue weighted by Crippen LogP contribution is -2.41. The molecule has 13 heavy (non-hydrogen) atoms. The van der Waals surface area contributed by atoms with Gasteiger partial charge in [-0.3, -0.25) is 9.59 Å². The lowest BCUT2D eigenvalue weighted by Gasteiger charge is -2.13. The highest BCUT2D eigenvalue weighted by Crippen LogP contribution is 2.17. The molecule has 0 radical (unpaired) electrons. The Labute approximate surface area is 76.6 Å². The van der Waals surface area contributed by atoms with Gasteiger partial charge in [0.1, 0.15) is 6.04 Å². The smallest absolute Gasteiger partial charge is 0.325 e. The molecule has 0 saturated heterocycles. The van der Waals surface area contributed by atoms with Gasteiger partial charge in [0.25, 0.3) is 0 Å². The first kappa shape index (κ1) is 9.77. The van der Waals surface area contributed by atoms with E-state index in [-0.39, 0.29) is 11.8 Å². The summed E-state index contributed by atoms with van der Waals surface area (Å²) >= 11 is 0. The van der Waals surface area contributed by atoms with Crippen LogP contribution in [0.15, 0.2) is 12.2 Å². The Bertz CT molecular complexity index is 239. The number of carbonyl (C=O) groups excluding carboxylic acids is 1. The first-order chi connectivity index (χ1) is 6.11. The zero-order valence-electron chi connectivity index (χ0n) is 7.49. The highest BCUT2D eigenvalue weighted by atomic mass is 16.4. The highest BCUT2D eigenvalue weighted by Gasteiger charge is 2.22. The molecule has 1 aliphatic rings. The zero-order chi connectivity index (χ0) is 9.84. The second-order valence-electron chi connectivity index (χ2n) is 3.21. The molecular weight excluding hydrogens is 170 g/mol. The number of aliphatic carboxylic acids is 1. The minimum atomic E-state index is -1.00. The van der Waals surface area contributed by atoms with Crippen LogP contribution >= 0.6 is 0 Å². The minimum absolute atomic E-state index is 0.0678. The third kappa shape index (κ3) is 2.57. The quantitative estimate of drug-likeness (QED) is 0.627. The number of amides is 1. The van der Waals surface area contributed by atoms with Crippen molar-refractivity contribution in [1.29, 1.82) is 0 Å². The summed E-state index contributed by atoms with van der Waals surface area (Å²) < 4.78 is 0. The van der Waals surface area contributed by atoms with Gasteiger partial charge in [0.15, 0.2) is 0 Å². The molecule has 0 aromatic heterocycles. The summed E-state index contributed by atoms with van der Waals surface area (Å²) in [5.41, 5.74) is 0. The van der Waals surface area contributed by atoms with E-state index in [2.05, 4.69) is 5.32 Å². The molecule has 0 spiro atoms. The maximum Gasteiger partial charge on any atom is 0.325 e. The van der Waals surface area contributed by atoms with Crippen molar-refractivity contribution in [3.8, 4) is 0 Å². The van der Waals surface area contributed by atoms with Crippen molar-refractivity contribution in [2.45, 2.75) is 25.8 Å². The Morgan fingerprint density at radius 2 is 2.00 bits per heavy atom. The molecule has 1 atom stereocenters. The third-order valence-electron chi connectivity index (χ3n) is 2.11. The van der Waals surface area contributed by atoms with Crippen LogP contribution in [0.5, 0.6) is 0 Å². The molecule has 0 saturated carbocycles. The molecule has 0 fully saturated rings. The Morgan fingerprint density at radius 1 is 1.46 bits per heavy atom. The number of carboxylic acid groups (broad SMARTS) is 1. The fourth-order valence-corrected chi connectivity index (χ4v) is 1.22. The number of carbonyl (C=O) groups is 2. The van der Waals surface area contributed by atoms with Crippen LogP contribution in [0, 0.1) is 5.92 Å².